The molecule has 1 atom stereocenters. The zero-order chi connectivity index (χ0) is 23.4. The zero-order valence-electron chi connectivity index (χ0n) is 19.3. The molecular weight excluding hydrogens is 430 g/mol. The van der Waals surface area contributed by atoms with E-state index in [0.29, 0.717) is 17.8 Å². The molecule has 4 bridgehead atoms. The van der Waals surface area contributed by atoms with E-state index in [0.717, 1.165) is 30.5 Å². The Bertz CT molecular complexity index is 1190. The van der Waals surface area contributed by atoms with Gasteiger partial charge in [0.2, 0.25) is 5.69 Å². The van der Waals surface area contributed by atoms with Crippen LogP contribution in [0.1, 0.15) is 67.5 Å². The molecule has 0 spiro atoms. The van der Waals surface area contributed by atoms with Crippen LogP contribution in [-0.4, -0.2) is 25.2 Å². The molecule has 4 aliphatic rings. The van der Waals surface area contributed by atoms with Crippen molar-refractivity contribution in [1.82, 2.24) is 19.7 Å². The average Bonchev–Trinajstić information content (AvgIpc) is 3.49. The molecule has 2 aromatic heterocycles. The van der Waals surface area contributed by atoms with Crippen molar-refractivity contribution in [3.63, 3.8) is 0 Å². The van der Waals surface area contributed by atoms with E-state index in [4.69, 9.17) is 0 Å². The summed E-state index contributed by atoms with van der Waals surface area (Å²) >= 11 is 0. The van der Waals surface area contributed by atoms with Crippen molar-refractivity contribution in [3.05, 3.63) is 76.4 Å². The molecule has 34 heavy (non-hydrogen) atoms. The summed E-state index contributed by atoms with van der Waals surface area (Å²) in [5.41, 5.74) is 1.49. The fourth-order valence-electron chi connectivity index (χ4n) is 7.04. The van der Waals surface area contributed by atoms with Crippen molar-refractivity contribution in [2.45, 2.75) is 57.0 Å². The number of carbonyl (C=O) groups excluding carboxylic acids is 1. The third-order valence-corrected chi connectivity index (χ3v) is 8.24. The molecule has 176 valence electrons. The van der Waals surface area contributed by atoms with Crippen LogP contribution < -0.4 is 5.32 Å². The SMILES string of the molecule is CC(NC(=O)c1nn(C23CC4CC(CC(C4)C2)C3)cc1[N+](=O)[O-])c1ccc(-n2cccc2)cc1. The molecular formula is C26H29N5O3. The molecule has 8 nitrogen and oxygen atoms in total. The number of hydrogen-bond donors (Lipinski definition) is 1. The highest BCUT2D eigenvalue weighted by Gasteiger charge is 2.53. The van der Waals surface area contributed by atoms with Crippen LogP contribution in [0, 0.1) is 27.9 Å². The third kappa shape index (κ3) is 3.52. The molecule has 4 saturated carbocycles. The number of aromatic nitrogens is 3. The first kappa shape index (κ1) is 21.1. The summed E-state index contributed by atoms with van der Waals surface area (Å²) in [6.45, 7) is 1.88. The highest BCUT2D eigenvalue weighted by atomic mass is 16.6. The first-order valence-corrected chi connectivity index (χ1v) is 12.2. The van der Waals surface area contributed by atoms with E-state index < -0.39 is 10.8 Å². The summed E-state index contributed by atoms with van der Waals surface area (Å²) in [5, 5.41) is 19.3. The Morgan fingerprint density at radius 2 is 1.68 bits per heavy atom. The lowest BCUT2D eigenvalue weighted by molar-refractivity contribution is -0.385. The number of carbonyl (C=O) groups is 1. The van der Waals surface area contributed by atoms with Crippen molar-refractivity contribution in [2.24, 2.45) is 17.8 Å². The van der Waals surface area contributed by atoms with Crippen LogP contribution in [0.25, 0.3) is 5.69 Å². The highest BCUT2D eigenvalue weighted by molar-refractivity contribution is 5.96. The van der Waals surface area contributed by atoms with Gasteiger partial charge in [-0.1, -0.05) is 12.1 Å². The summed E-state index contributed by atoms with van der Waals surface area (Å²) in [7, 11) is 0. The molecule has 2 heterocycles. The highest BCUT2D eigenvalue weighted by Crippen LogP contribution is 2.58. The van der Waals surface area contributed by atoms with E-state index in [1.165, 1.54) is 25.5 Å². The van der Waals surface area contributed by atoms with Gasteiger partial charge in [0.05, 0.1) is 16.5 Å². The first-order valence-electron chi connectivity index (χ1n) is 12.2. The van der Waals surface area contributed by atoms with E-state index in [1.807, 2.05) is 60.3 Å². The van der Waals surface area contributed by atoms with Crippen LogP contribution in [-0.2, 0) is 5.54 Å². The minimum atomic E-state index is -0.503. The minimum absolute atomic E-state index is 0.0865. The van der Waals surface area contributed by atoms with E-state index >= 15 is 0 Å². The van der Waals surface area contributed by atoms with Crippen molar-refractivity contribution in [2.75, 3.05) is 0 Å². The van der Waals surface area contributed by atoms with E-state index in [1.54, 1.807) is 4.68 Å². The fraction of sp³-hybridized carbons (Fsp3) is 0.462. The third-order valence-electron chi connectivity index (χ3n) is 8.24. The number of hydrogen-bond acceptors (Lipinski definition) is 4. The van der Waals surface area contributed by atoms with Gasteiger partial charge in [-0.3, -0.25) is 19.6 Å². The van der Waals surface area contributed by atoms with E-state index in [2.05, 4.69) is 10.4 Å². The number of nitrogens with zero attached hydrogens (tertiary/aromatic N) is 4. The van der Waals surface area contributed by atoms with Gasteiger partial charge in [-0.2, -0.15) is 5.10 Å². The lowest BCUT2D eigenvalue weighted by atomic mass is 9.53. The Balaban J connectivity index is 1.23. The molecule has 1 aromatic carbocycles. The maximum absolute atomic E-state index is 13.2. The van der Waals surface area contributed by atoms with Crippen molar-refractivity contribution in [1.29, 1.82) is 0 Å². The molecule has 7 rings (SSSR count). The van der Waals surface area contributed by atoms with Crippen LogP contribution >= 0.6 is 0 Å². The molecule has 4 fully saturated rings. The second-order valence-electron chi connectivity index (χ2n) is 10.6. The standard InChI is InChI=1S/C26H29N5O3/c1-17(21-4-6-22(7-5-21)29-8-2-3-9-29)27-25(32)24-23(31(33)34)16-30(28-24)26-13-18-10-19(14-26)12-20(11-18)15-26/h2-9,16-20H,10-15H2,1H3,(H,27,32). The molecule has 0 aliphatic heterocycles. The van der Waals surface area contributed by atoms with Crippen LogP contribution in [0.2, 0.25) is 0 Å². The Morgan fingerprint density at radius 1 is 1.09 bits per heavy atom. The zero-order valence-corrected chi connectivity index (χ0v) is 19.3. The number of rotatable bonds is 6. The summed E-state index contributed by atoms with van der Waals surface area (Å²) in [5.74, 6) is 1.54. The van der Waals surface area contributed by atoms with Crippen LogP contribution in [0.15, 0.2) is 55.0 Å². The number of amides is 1. The summed E-state index contributed by atoms with van der Waals surface area (Å²) < 4.78 is 3.80. The van der Waals surface area contributed by atoms with E-state index in [9.17, 15) is 14.9 Å². The normalized spacial score (nSPS) is 28.1. The Kier molecular flexibility index (Phi) is 4.86. The quantitative estimate of drug-likeness (QED) is 0.415. The molecule has 0 saturated heterocycles. The number of benzene rings is 1. The van der Waals surface area contributed by atoms with Crippen LogP contribution in [0.3, 0.4) is 0 Å². The molecule has 3 aromatic rings. The van der Waals surface area contributed by atoms with Crippen molar-refractivity contribution < 1.29 is 9.72 Å². The predicted octanol–water partition coefficient (Wildman–Crippen LogP) is 5.00. The number of nitro groups is 1. The largest absolute Gasteiger partial charge is 0.344 e. The van der Waals surface area contributed by atoms with Gasteiger partial charge in [-0.05, 0) is 93.0 Å². The second-order valence-corrected chi connectivity index (χ2v) is 10.6. The summed E-state index contributed by atoms with van der Waals surface area (Å²) in [6, 6.07) is 11.5. The minimum Gasteiger partial charge on any atom is -0.344 e. The maximum atomic E-state index is 13.2. The van der Waals surface area contributed by atoms with Crippen molar-refractivity contribution in [3.8, 4) is 5.69 Å². The van der Waals surface area contributed by atoms with Gasteiger partial charge >= 0.3 is 5.69 Å². The summed E-state index contributed by atoms with van der Waals surface area (Å²) in [6.07, 6.45) is 12.3. The molecule has 0 radical (unpaired) electrons. The molecule has 1 amide bonds. The topological polar surface area (TPSA) is 95.0 Å². The van der Waals surface area contributed by atoms with Crippen LogP contribution in [0.5, 0.6) is 0 Å². The molecule has 1 N–H and O–H groups in total. The van der Waals surface area contributed by atoms with E-state index in [-0.39, 0.29) is 23.0 Å². The Morgan fingerprint density at radius 3 is 2.24 bits per heavy atom. The van der Waals surface area contributed by atoms with Gasteiger partial charge in [0, 0.05) is 18.1 Å². The lowest BCUT2D eigenvalue weighted by Crippen LogP contribution is -2.52. The van der Waals surface area contributed by atoms with Gasteiger partial charge in [0.15, 0.2) is 0 Å². The first-order chi connectivity index (χ1) is 16.4. The second kappa shape index (κ2) is 7.82. The van der Waals surface area contributed by atoms with Gasteiger partial charge in [0.1, 0.15) is 6.20 Å². The van der Waals surface area contributed by atoms with Gasteiger partial charge in [-0.25, -0.2) is 0 Å². The van der Waals surface area contributed by atoms with Gasteiger partial charge in [0.25, 0.3) is 5.91 Å². The fourth-order valence-corrected chi connectivity index (χ4v) is 7.04. The van der Waals surface area contributed by atoms with Gasteiger partial charge in [-0.15, -0.1) is 0 Å². The number of nitrogens with one attached hydrogen (secondary N) is 1. The molecule has 8 heteroatoms. The predicted molar refractivity (Wildman–Crippen MR) is 127 cm³/mol. The summed E-state index contributed by atoms with van der Waals surface area (Å²) in [4.78, 5) is 24.5. The average molecular weight is 460 g/mol. The Hall–Kier alpha value is -3.42. The van der Waals surface area contributed by atoms with Gasteiger partial charge < -0.3 is 9.88 Å². The monoisotopic (exact) mass is 459 g/mol. The molecule has 1 unspecified atom stereocenters. The maximum Gasteiger partial charge on any atom is 0.320 e. The lowest BCUT2D eigenvalue weighted by Gasteiger charge is -2.56. The molecule has 4 aliphatic carbocycles. The van der Waals surface area contributed by atoms with Crippen molar-refractivity contribution >= 4 is 11.6 Å². The Labute approximate surface area is 198 Å². The van der Waals surface area contributed by atoms with Crippen LogP contribution in [0.4, 0.5) is 5.69 Å². The smallest absolute Gasteiger partial charge is 0.320 e.